The fraction of sp³-hybridized carbons (Fsp3) is 0.891. The lowest BCUT2D eigenvalue weighted by atomic mass is 9.98. The monoisotopic (exact) mass is 1000 g/mol. The van der Waals surface area contributed by atoms with Crippen molar-refractivity contribution in [1.29, 1.82) is 0 Å². The Morgan fingerprint density at radius 1 is 0.443 bits per heavy atom. The van der Waals surface area contributed by atoms with E-state index in [1.54, 1.807) is 0 Å². The largest absolute Gasteiger partial charge is 0.462 e. The Morgan fingerprint density at radius 2 is 0.843 bits per heavy atom. The van der Waals surface area contributed by atoms with E-state index in [1.165, 1.54) is 148 Å². The van der Waals surface area contributed by atoms with Gasteiger partial charge in [-0.3, -0.25) is 9.59 Å². The molecule has 0 aromatic carbocycles. The lowest BCUT2D eigenvalue weighted by Crippen LogP contribution is -2.61. The molecule has 2 aliphatic rings. The molecular formula is C55H100O15. The molecular weight excluding hydrogens is 901 g/mol. The van der Waals surface area contributed by atoms with E-state index in [4.69, 9.17) is 28.4 Å². The van der Waals surface area contributed by atoms with Crippen molar-refractivity contribution in [2.24, 2.45) is 0 Å². The van der Waals surface area contributed by atoms with Crippen LogP contribution in [0.3, 0.4) is 0 Å². The van der Waals surface area contributed by atoms with Gasteiger partial charge in [-0.15, -0.1) is 0 Å². The van der Waals surface area contributed by atoms with Gasteiger partial charge in [-0.05, 0) is 51.4 Å². The third-order valence-corrected chi connectivity index (χ3v) is 13.4. The highest BCUT2D eigenvalue weighted by atomic mass is 16.7. The highest BCUT2D eigenvalue weighted by molar-refractivity contribution is 5.70. The van der Waals surface area contributed by atoms with Crippen molar-refractivity contribution in [3.8, 4) is 0 Å². The first-order valence-electron chi connectivity index (χ1n) is 27.9. The molecule has 2 fully saturated rings. The van der Waals surface area contributed by atoms with E-state index in [2.05, 4.69) is 32.1 Å². The molecule has 0 aliphatic carbocycles. The van der Waals surface area contributed by atoms with Gasteiger partial charge in [0.25, 0.3) is 0 Å². The summed E-state index contributed by atoms with van der Waals surface area (Å²) >= 11 is 0. The van der Waals surface area contributed by atoms with Crippen molar-refractivity contribution in [1.82, 2.24) is 0 Å². The maximum absolute atomic E-state index is 13.0. The zero-order valence-corrected chi connectivity index (χ0v) is 43.5. The molecule has 70 heavy (non-hydrogen) atoms. The van der Waals surface area contributed by atoms with Crippen LogP contribution < -0.4 is 0 Å². The second-order valence-electron chi connectivity index (χ2n) is 19.8. The maximum Gasteiger partial charge on any atom is 0.306 e. The number of unbranched alkanes of at least 4 members (excludes halogenated alkanes) is 26. The Balaban J connectivity index is 1.78. The first-order valence-corrected chi connectivity index (χ1v) is 27.9. The molecule has 0 aromatic heterocycles. The van der Waals surface area contributed by atoms with Crippen molar-refractivity contribution >= 4 is 11.9 Å². The third-order valence-electron chi connectivity index (χ3n) is 13.4. The standard InChI is InChI=1S/C55H100O15/c1-3-5-7-9-11-13-15-17-19-20-21-22-24-25-27-29-31-33-35-37-46(57)65-40-43(68-47(58)38-36-34-32-30-28-26-23-18-16-14-12-10-8-6-4-2)41-66-54-53(64)51(62)49(60)45(70-54)42-67-55-52(63)50(61)48(59)44(39-56)69-55/h17,19,32,34,43-45,48-56,59-64H,3-16,18,20-31,33,35-42H2,1-2H3/b19-17+,34-32+/t43-,44+,45+,48-,49-,50?,51?,52?,53?,54+,55+/m0/s1. The smallest absolute Gasteiger partial charge is 0.306 e. The molecule has 4 unspecified atom stereocenters. The van der Waals surface area contributed by atoms with Crippen molar-refractivity contribution < 1.29 is 73.8 Å². The van der Waals surface area contributed by atoms with Crippen LogP contribution in [0.15, 0.2) is 24.3 Å². The normalized spacial score (nSPS) is 25.5. The number of hydrogen-bond acceptors (Lipinski definition) is 15. The van der Waals surface area contributed by atoms with Gasteiger partial charge in [-0.1, -0.05) is 179 Å². The number of carbonyl (C=O) groups is 2. The molecule has 15 heteroatoms. The van der Waals surface area contributed by atoms with Gasteiger partial charge in [0, 0.05) is 12.8 Å². The SMILES string of the molecule is CCCCCCCC/C=C/CCCCCCCCCCCC(=O)OC[C@@H](CO[C@@H]1O[C@H](CO[C@@H]2O[C@H](CO)[C@H](O)C(O)C2O)[C@H](O)C(O)C1O)OC(=O)CC/C=C/CCCCCCCCCCCCC. The second-order valence-corrected chi connectivity index (χ2v) is 19.8. The summed E-state index contributed by atoms with van der Waals surface area (Å²) in [5.74, 6) is -0.976. The minimum Gasteiger partial charge on any atom is -0.462 e. The summed E-state index contributed by atoms with van der Waals surface area (Å²) in [7, 11) is 0. The molecule has 0 aromatic rings. The zero-order valence-electron chi connectivity index (χ0n) is 43.5. The van der Waals surface area contributed by atoms with E-state index in [0.29, 0.717) is 12.8 Å². The predicted molar refractivity (Wildman–Crippen MR) is 271 cm³/mol. The van der Waals surface area contributed by atoms with E-state index >= 15 is 0 Å². The fourth-order valence-corrected chi connectivity index (χ4v) is 8.82. The summed E-state index contributed by atoms with van der Waals surface area (Å²) < 4.78 is 33.6. The summed E-state index contributed by atoms with van der Waals surface area (Å²) in [5, 5.41) is 72.2. The highest BCUT2D eigenvalue weighted by Gasteiger charge is 2.47. The quantitative estimate of drug-likeness (QED) is 0.0172. The number of allylic oxidation sites excluding steroid dienone is 4. The van der Waals surface area contributed by atoms with Gasteiger partial charge in [0.15, 0.2) is 18.7 Å². The zero-order chi connectivity index (χ0) is 51.0. The van der Waals surface area contributed by atoms with Crippen LogP contribution in [0.5, 0.6) is 0 Å². The van der Waals surface area contributed by atoms with E-state index in [9.17, 15) is 45.3 Å². The number of aliphatic hydroxyl groups is 7. The van der Waals surface area contributed by atoms with Gasteiger partial charge in [-0.25, -0.2) is 0 Å². The molecule has 2 saturated heterocycles. The summed E-state index contributed by atoms with van der Waals surface area (Å²) in [4.78, 5) is 25.8. The molecule has 2 heterocycles. The van der Waals surface area contributed by atoms with E-state index in [1.807, 2.05) is 6.08 Å². The maximum atomic E-state index is 13.0. The summed E-state index contributed by atoms with van der Waals surface area (Å²) in [5.41, 5.74) is 0. The Hall–Kier alpha value is -2.02. The number of esters is 2. The van der Waals surface area contributed by atoms with E-state index in [-0.39, 0.29) is 19.4 Å². The molecule has 0 bridgehead atoms. The third kappa shape index (κ3) is 29.6. The summed E-state index contributed by atoms with van der Waals surface area (Å²) in [6.45, 7) is 2.57. The van der Waals surface area contributed by atoms with Gasteiger partial charge < -0.3 is 64.2 Å². The Bertz CT molecular complexity index is 1310. The minimum atomic E-state index is -1.77. The van der Waals surface area contributed by atoms with Crippen LogP contribution in [0.2, 0.25) is 0 Å². The van der Waals surface area contributed by atoms with Crippen LogP contribution in [0.1, 0.15) is 219 Å². The van der Waals surface area contributed by atoms with Gasteiger partial charge in [0.05, 0.1) is 19.8 Å². The predicted octanol–water partition coefficient (Wildman–Crippen LogP) is 8.72. The van der Waals surface area contributed by atoms with E-state index < -0.39 is 99.3 Å². The molecule has 0 spiro atoms. The van der Waals surface area contributed by atoms with Crippen molar-refractivity contribution in [2.45, 2.75) is 287 Å². The molecule has 410 valence electrons. The number of carbonyl (C=O) groups excluding carboxylic acids is 2. The first-order chi connectivity index (χ1) is 34.0. The van der Waals surface area contributed by atoms with Crippen LogP contribution >= 0.6 is 0 Å². The van der Waals surface area contributed by atoms with Crippen LogP contribution in [0.25, 0.3) is 0 Å². The number of rotatable bonds is 44. The van der Waals surface area contributed by atoms with Crippen LogP contribution in [-0.4, -0.2) is 142 Å². The number of aliphatic hydroxyl groups excluding tert-OH is 7. The van der Waals surface area contributed by atoms with Gasteiger partial charge >= 0.3 is 11.9 Å². The summed E-state index contributed by atoms with van der Waals surface area (Å²) in [6, 6.07) is 0. The van der Waals surface area contributed by atoms with Crippen LogP contribution in [-0.2, 0) is 38.0 Å². The second kappa shape index (κ2) is 42.3. The Labute approximate surface area is 422 Å². The van der Waals surface area contributed by atoms with Crippen molar-refractivity contribution in [2.75, 3.05) is 26.4 Å². The van der Waals surface area contributed by atoms with Gasteiger partial charge in [0.2, 0.25) is 0 Å². The molecule has 0 amide bonds. The molecule has 7 N–H and O–H groups in total. The Kier molecular flexibility index (Phi) is 38.8. The molecule has 0 radical (unpaired) electrons. The number of hydrogen-bond donors (Lipinski definition) is 7. The molecule has 2 aliphatic heterocycles. The molecule has 0 saturated carbocycles. The number of ether oxygens (including phenoxy) is 6. The average Bonchev–Trinajstić information content (AvgIpc) is 3.35. The average molecular weight is 1000 g/mol. The van der Waals surface area contributed by atoms with Crippen LogP contribution in [0.4, 0.5) is 0 Å². The topological polar surface area (TPSA) is 231 Å². The van der Waals surface area contributed by atoms with Gasteiger partial charge in [-0.2, -0.15) is 0 Å². The van der Waals surface area contributed by atoms with Crippen molar-refractivity contribution in [3.05, 3.63) is 24.3 Å². The lowest BCUT2D eigenvalue weighted by molar-refractivity contribution is -0.332. The Morgan fingerprint density at radius 3 is 1.31 bits per heavy atom. The van der Waals surface area contributed by atoms with Crippen molar-refractivity contribution in [3.63, 3.8) is 0 Å². The highest BCUT2D eigenvalue weighted by Crippen LogP contribution is 2.27. The molecule has 2 rings (SSSR count). The lowest BCUT2D eigenvalue weighted by Gasteiger charge is -2.42. The van der Waals surface area contributed by atoms with Gasteiger partial charge in [0.1, 0.15) is 55.4 Å². The van der Waals surface area contributed by atoms with Crippen LogP contribution in [0, 0.1) is 0 Å². The minimum absolute atomic E-state index is 0.0841. The molecule has 11 atom stereocenters. The first kappa shape index (κ1) is 64.1. The fourth-order valence-electron chi connectivity index (χ4n) is 8.82. The molecule has 15 nitrogen and oxygen atoms in total. The summed E-state index contributed by atoms with van der Waals surface area (Å²) in [6.07, 6.45) is 27.9. The van der Waals surface area contributed by atoms with E-state index in [0.717, 1.165) is 32.1 Å².